The molecule has 0 atom stereocenters. The fourth-order valence-electron chi connectivity index (χ4n) is 2.62. The Kier molecular flexibility index (Phi) is 5.06. The van der Waals surface area contributed by atoms with Crippen molar-refractivity contribution in [3.8, 4) is 0 Å². The highest BCUT2D eigenvalue weighted by Crippen LogP contribution is 2.17. The van der Waals surface area contributed by atoms with Crippen LogP contribution in [-0.2, 0) is 17.8 Å². The summed E-state index contributed by atoms with van der Waals surface area (Å²) in [6.07, 6.45) is 2.94. The van der Waals surface area contributed by atoms with Gasteiger partial charge in [-0.25, -0.2) is 0 Å². The lowest BCUT2D eigenvalue weighted by Crippen LogP contribution is -2.34. The summed E-state index contributed by atoms with van der Waals surface area (Å²) in [5, 5.41) is 7.37. The number of nitrogens with one attached hydrogen (secondary N) is 3. The predicted octanol–water partition coefficient (Wildman–Crippen LogP) is 2.62. The molecular weight excluding hydrogens is 286 g/mol. The predicted molar refractivity (Wildman–Crippen MR) is 93.2 cm³/mol. The first kappa shape index (κ1) is 15.3. The number of H-pyrrole nitrogens is 1. The second-order valence-corrected chi connectivity index (χ2v) is 5.55. The monoisotopic (exact) mass is 307 g/mol. The van der Waals surface area contributed by atoms with Crippen LogP contribution in [0.1, 0.15) is 11.1 Å². The van der Waals surface area contributed by atoms with Crippen LogP contribution < -0.4 is 10.6 Å². The molecule has 23 heavy (non-hydrogen) atoms. The van der Waals surface area contributed by atoms with Gasteiger partial charge in [0.1, 0.15) is 0 Å². The average Bonchev–Trinajstić information content (AvgIpc) is 3.01. The van der Waals surface area contributed by atoms with Crippen LogP contribution in [-0.4, -0.2) is 24.0 Å². The quantitative estimate of drug-likeness (QED) is 0.588. The van der Waals surface area contributed by atoms with E-state index in [1.54, 1.807) is 0 Å². The molecule has 0 fully saturated rings. The highest BCUT2D eigenvalue weighted by Gasteiger charge is 2.04. The fraction of sp³-hybridized carbons (Fsp3) is 0.211. The Hall–Kier alpha value is -2.59. The Labute approximate surface area is 135 Å². The van der Waals surface area contributed by atoms with Crippen LogP contribution in [0, 0.1) is 0 Å². The maximum Gasteiger partial charge on any atom is 0.234 e. The lowest BCUT2D eigenvalue weighted by Gasteiger charge is -2.06. The summed E-state index contributed by atoms with van der Waals surface area (Å²) < 4.78 is 0. The Morgan fingerprint density at radius 2 is 1.78 bits per heavy atom. The first-order chi connectivity index (χ1) is 11.3. The number of aromatic nitrogens is 1. The van der Waals surface area contributed by atoms with Crippen molar-refractivity contribution in [1.82, 2.24) is 15.6 Å². The Balaban J connectivity index is 1.39. The molecule has 0 aliphatic carbocycles. The normalized spacial score (nSPS) is 10.8. The molecule has 2 aromatic carbocycles. The van der Waals surface area contributed by atoms with Crippen LogP contribution in [0.2, 0.25) is 0 Å². The summed E-state index contributed by atoms with van der Waals surface area (Å²) in [5.41, 5.74) is 3.54. The Morgan fingerprint density at radius 1 is 1.00 bits per heavy atom. The first-order valence-corrected chi connectivity index (χ1v) is 7.89. The van der Waals surface area contributed by atoms with Gasteiger partial charge in [-0.3, -0.25) is 4.79 Å². The zero-order chi connectivity index (χ0) is 15.9. The Morgan fingerprint density at radius 3 is 2.65 bits per heavy atom. The third-order valence-corrected chi connectivity index (χ3v) is 3.86. The van der Waals surface area contributed by atoms with E-state index >= 15 is 0 Å². The van der Waals surface area contributed by atoms with Crippen LogP contribution in [0.25, 0.3) is 10.9 Å². The van der Waals surface area contributed by atoms with E-state index in [4.69, 9.17) is 0 Å². The van der Waals surface area contributed by atoms with E-state index in [0.29, 0.717) is 13.1 Å². The molecule has 3 N–H and O–H groups in total. The van der Waals surface area contributed by atoms with Crippen LogP contribution in [0.5, 0.6) is 0 Å². The minimum atomic E-state index is 0.0211. The SMILES string of the molecule is O=C(CNCCc1c[nH]c2ccccc12)NCc1ccccc1. The molecule has 0 unspecified atom stereocenters. The van der Waals surface area contributed by atoms with Gasteiger partial charge in [0.2, 0.25) is 5.91 Å². The van der Waals surface area contributed by atoms with Crippen molar-refractivity contribution in [3.05, 3.63) is 71.9 Å². The topological polar surface area (TPSA) is 56.9 Å². The second kappa shape index (κ2) is 7.61. The van der Waals surface area contributed by atoms with Gasteiger partial charge in [-0.05, 0) is 30.2 Å². The average molecular weight is 307 g/mol. The van der Waals surface area contributed by atoms with Gasteiger partial charge < -0.3 is 15.6 Å². The minimum Gasteiger partial charge on any atom is -0.361 e. The molecule has 0 aliphatic rings. The number of carbonyl (C=O) groups is 1. The molecule has 1 amide bonds. The number of hydrogen-bond donors (Lipinski definition) is 3. The van der Waals surface area contributed by atoms with Crippen molar-refractivity contribution in [2.24, 2.45) is 0 Å². The molecule has 118 valence electrons. The van der Waals surface area contributed by atoms with Gasteiger partial charge in [0, 0.05) is 23.6 Å². The molecule has 1 heterocycles. The molecule has 3 rings (SSSR count). The van der Waals surface area contributed by atoms with E-state index < -0.39 is 0 Å². The van der Waals surface area contributed by atoms with Crippen molar-refractivity contribution in [2.45, 2.75) is 13.0 Å². The summed E-state index contributed by atoms with van der Waals surface area (Å²) in [6.45, 7) is 1.69. The van der Waals surface area contributed by atoms with E-state index in [-0.39, 0.29) is 5.91 Å². The molecule has 0 radical (unpaired) electrons. The minimum absolute atomic E-state index is 0.0211. The van der Waals surface area contributed by atoms with E-state index in [1.807, 2.05) is 48.7 Å². The van der Waals surface area contributed by atoms with Gasteiger partial charge in [0.15, 0.2) is 0 Å². The van der Waals surface area contributed by atoms with Crippen LogP contribution in [0.4, 0.5) is 0 Å². The Bertz CT molecular complexity index is 764. The number of hydrogen-bond acceptors (Lipinski definition) is 2. The molecule has 1 aromatic heterocycles. The summed E-state index contributed by atoms with van der Waals surface area (Å²) in [4.78, 5) is 15.1. The summed E-state index contributed by atoms with van der Waals surface area (Å²) >= 11 is 0. The van der Waals surface area contributed by atoms with Crippen molar-refractivity contribution in [2.75, 3.05) is 13.1 Å². The van der Waals surface area contributed by atoms with Crippen molar-refractivity contribution < 1.29 is 4.79 Å². The van der Waals surface area contributed by atoms with E-state index in [0.717, 1.165) is 24.0 Å². The second-order valence-electron chi connectivity index (χ2n) is 5.55. The molecule has 0 bridgehead atoms. The van der Waals surface area contributed by atoms with Gasteiger partial charge in [0.25, 0.3) is 0 Å². The third kappa shape index (κ3) is 4.20. The number of benzene rings is 2. The smallest absolute Gasteiger partial charge is 0.234 e. The maximum atomic E-state index is 11.8. The molecule has 0 aliphatic heterocycles. The standard InChI is InChI=1S/C19H21N3O/c23-19(22-12-15-6-2-1-3-7-15)14-20-11-10-16-13-21-18-9-5-4-8-17(16)18/h1-9,13,20-21H,10-12,14H2,(H,22,23). The highest BCUT2D eigenvalue weighted by molar-refractivity contribution is 5.83. The van der Waals surface area contributed by atoms with Gasteiger partial charge >= 0.3 is 0 Å². The lowest BCUT2D eigenvalue weighted by atomic mass is 10.1. The summed E-state index contributed by atoms with van der Waals surface area (Å²) in [7, 11) is 0. The fourth-order valence-corrected chi connectivity index (χ4v) is 2.62. The van der Waals surface area contributed by atoms with E-state index in [1.165, 1.54) is 10.9 Å². The van der Waals surface area contributed by atoms with Crippen LogP contribution >= 0.6 is 0 Å². The van der Waals surface area contributed by atoms with Gasteiger partial charge in [-0.2, -0.15) is 0 Å². The number of amides is 1. The number of aromatic amines is 1. The summed E-state index contributed by atoms with van der Waals surface area (Å²) in [6, 6.07) is 18.2. The van der Waals surface area contributed by atoms with Crippen LogP contribution in [0.3, 0.4) is 0 Å². The lowest BCUT2D eigenvalue weighted by molar-refractivity contribution is -0.120. The van der Waals surface area contributed by atoms with E-state index in [2.05, 4.69) is 27.8 Å². The number of fused-ring (bicyclic) bond motifs is 1. The van der Waals surface area contributed by atoms with Gasteiger partial charge in [0.05, 0.1) is 6.54 Å². The highest BCUT2D eigenvalue weighted by atomic mass is 16.1. The number of para-hydroxylation sites is 1. The van der Waals surface area contributed by atoms with Crippen molar-refractivity contribution in [1.29, 1.82) is 0 Å². The molecular formula is C19H21N3O. The number of carbonyl (C=O) groups excluding carboxylic acids is 1. The maximum absolute atomic E-state index is 11.8. The molecule has 0 saturated carbocycles. The zero-order valence-electron chi connectivity index (χ0n) is 13.0. The molecule has 4 heteroatoms. The largest absolute Gasteiger partial charge is 0.361 e. The first-order valence-electron chi connectivity index (χ1n) is 7.89. The third-order valence-electron chi connectivity index (χ3n) is 3.86. The summed E-state index contributed by atoms with van der Waals surface area (Å²) in [5.74, 6) is 0.0211. The van der Waals surface area contributed by atoms with E-state index in [9.17, 15) is 4.79 Å². The molecule has 3 aromatic rings. The zero-order valence-corrected chi connectivity index (χ0v) is 13.0. The molecule has 4 nitrogen and oxygen atoms in total. The van der Waals surface area contributed by atoms with Crippen LogP contribution in [0.15, 0.2) is 60.8 Å². The molecule has 0 spiro atoms. The van der Waals surface area contributed by atoms with Crippen molar-refractivity contribution >= 4 is 16.8 Å². The van der Waals surface area contributed by atoms with Crippen molar-refractivity contribution in [3.63, 3.8) is 0 Å². The van der Waals surface area contributed by atoms with Gasteiger partial charge in [-0.15, -0.1) is 0 Å². The molecule has 0 saturated heterocycles. The van der Waals surface area contributed by atoms with Gasteiger partial charge in [-0.1, -0.05) is 48.5 Å². The number of rotatable bonds is 7.